The molecule has 2 nitrogen and oxygen atoms in total. The molecule has 1 aliphatic rings. The summed E-state index contributed by atoms with van der Waals surface area (Å²) in [6.45, 7) is 2.02. The average Bonchev–Trinajstić information content (AvgIpc) is 3.48. The molecule has 1 aromatic heterocycles. The van der Waals surface area contributed by atoms with E-state index in [0.29, 0.717) is 16.2 Å². The number of hydrogen-bond donors (Lipinski definition) is 0. The highest BCUT2D eigenvalue weighted by Crippen LogP contribution is 2.40. The van der Waals surface area contributed by atoms with Gasteiger partial charge in [-0.15, -0.1) is 11.3 Å². The van der Waals surface area contributed by atoms with Crippen molar-refractivity contribution in [1.82, 2.24) is 0 Å². The highest BCUT2D eigenvalue weighted by molar-refractivity contribution is 7.23. The maximum absolute atomic E-state index is 14.3. The number of hydrogen-bond acceptors (Lipinski definition) is 3. The molecule has 0 radical (unpaired) electrons. The van der Waals surface area contributed by atoms with Crippen molar-refractivity contribution in [2.24, 2.45) is 0 Å². The van der Waals surface area contributed by atoms with Gasteiger partial charge in [-0.1, -0.05) is 12.1 Å². The Morgan fingerprint density at radius 1 is 0.688 bits per heavy atom. The van der Waals surface area contributed by atoms with Crippen molar-refractivity contribution in [1.29, 1.82) is 0 Å². The summed E-state index contributed by atoms with van der Waals surface area (Å²) in [5.41, 5.74) is 1.91. The van der Waals surface area contributed by atoms with Gasteiger partial charge in [0.15, 0.2) is 5.43 Å². The van der Waals surface area contributed by atoms with E-state index in [9.17, 15) is 13.6 Å². The molecular formula is C27H19F2NOS. The molecule has 1 fully saturated rings. The third kappa shape index (κ3) is 3.07. The van der Waals surface area contributed by atoms with Crippen molar-refractivity contribution in [3.05, 3.63) is 88.6 Å². The summed E-state index contributed by atoms with van der Waals surface area (Å²) in [6.07, 6.45) is 2.33. The number of fused-ring (bicyclic) bond motifs is 5. The molecule has 0 aliphatic carbocycles. The van der Waals surface area contributed by atoms with Crippen LogP contribution < -0.4 is 10.3 Å². The number of thiophene rings is 1. The minimum atomic E-state index is -0.374. The summed E-state index contributed by atoms with van der Waals surface area (Å²) >= 11 is 1.56. The van der Waals surface area contributed by atoms with Crippen molar-refractivity contribution in [3.63, 3.8) is 0 Å². The summed E-state index contributed by atoms with van der Waals surface area (Å²) in [5.74, 6) is -0.661. The van der Waals surface area contributed by atoms with Crippen LogP contribution in [-0.4, -0.2) is 13.1 Å². The van der Waals surface area contributed by atoms with Crippen LogP contribution in [0.2, 0.25) is 0 Å². The van der Waals surface area contributed by atoms with Gasteiger partial charge < -0.3 is 4.90 Å². The molecule has 1 saturated heterocycles. The lowest BCUT2D eigenvalue weighted by atomic mass is 10.1. The molecule has 1 aliphatic heterocycles. The first-order valence-electron chi connectivity index (χ1n) is 10.7. The Morgan fingerprint density at radius 3 is 2.12 bits per heavy atom. The van der Waals surface area contributed by atoms with E-state index in [4.69, 9.17) is 0 Å². The Hall–Kier alpha value is -3.31. The highest BCUT2D eigenvalue weighted by Gasteiger charge is 2.17. The smallest absolute Gasteiger partial charge is 0.194 e. The first-order valence-corrected chi connectivity index (χ1v) is 11.5. The van der Waals surface area contributed by atoms with Gasteiger partial charge in [-0.2, -0.15) is 0 Å². The second-order valence-electron chi connectivity index (χ2n) is 8.30. The van der Waals surface area contributed by atoms with Crippen LogP contribution in [0.4, 0.5) is 14.5 Å². The lowest BCUT2D eigenvalue weighted by Gasteiger charge is -2.17. The molecule has 5 aromatic rings. The summed E-state index contributed by atoms with van der Waals surface area (Å²) < 4.78 is 28.7. The van der Waals surface area contributed by atoms with Crippen LogP contribution in [0, 0.1) is 11.6 Å². The second-order valence-corrected chi connectivity index (χ2v) is 9.36. The first-order chi connectivity index (χ1) is 15.6. The molecule has 0 saturated carbocycles. The lowest BCUT2D eigenvalue weighted by molar-refractivity contribution is 0.628. The van der Waals surface area contributed by atoms with Gasteiger partial charge in [0.05, 0.1) is 0 Å². The van der Waals surface area contributed by atoms with Gasteiger partial charge in [0, 0.05) is 49.9 Å². The fourth-order valence-corrected chi connectivity index (χ4v) is 5.93. The molecule has 0 N–H and O–H groups in total. The average molecular weight is 444 g/mol. The Bertz CT molecular complexity index is 1570. The molecule has 2 heterocycles. The largest absolute Gasteiger partial charge is 0.372 e. The number of halogens is 2. The Balaban J connectivity index is 1.75. The van der Waals surface area contributed by atoms with Crippen molar-refractivity contribution in [2.75, 3.05) is 18.0 Å². The van der Waals surface area contributed by atoms with Crippen LogP contribution in [-0.2, 0) is 0 Å². The monoisotopic (exact) mass is 443 g/mol. The molecule has 32 heavy (non-hydrogen) atoms. The fourth-order valence-electron chi connectivity index (χ4n) is 4.72. The zero-order chi connectivity index (χ0) is 21.8. The van der Waals surface area contributed by atoms with Crippen molar-refractivity contribution in [2.45, 2.75) is 12.8 Å². The zero-order valence-corrected chi connectivity index (χ0v) is 18.0. The minimum Gasteiger partial charge on any atom is -0.372 e. The van der Waals surface area contributed by atoms with Crippen molar-refractivity contribution < 1.29 is 8.78 Å². The van der Waals surface area contributed by atoms with E-state index >= 15 is 0 Å². The van der Waals surface area contributed by atoms with Gasteiger partial charge in [0.1, 0.15) is 11.6 Å². The zero-order valence-electron chi connectivity index (χ0n) is 17.2. The van der Waals surface area contributed by atoms with Crippen LogP contribution in [0.5, 0.6) is 0 Å². The van der Waals surface area contributed by atoms with Gasteiger partial charge in [-0.05, 0) is 78.4 Å². The normalized spacial score (nSPS) is 14.1. The van der Waals surface area contributed by atoms with Crippen LogP contribution in [0.25, 0.3) is 42.1 Å². The summed E-state index contributed by atoms with van der Waals surface area (Å²) in [5, 5.41) is 3.46. The van der Waals surface area contributed by atoms with E-state index in [2.05, 4.69) is 11.0 Å². The second kappa shape index (κ2) is 7.38. The van der Waals surface area contributed by atoms with Crippen molar-refractivity contribution >= 4 is 48.7 Å². The van der Waals surface area contributed by atoms with E-state index in [0.717, 1.165) is 44.7 Å². The number of benzene rings is 3. The van der Waals surface area contributed by atoms with Gasteiger partial charge in [0.2, 0.25) is 0 Å². The molecule has 0 unspecified atom stereocenters. The predicted molar refractivity (Wildman–Crippen MR) is 130 cm³/mol. The molecule has 4 aromatic carbocycles. The fraction of sp³-hybridized carbons (Fsp3) is 0.148. The van der Waals surface area contributed by atoms with E-state index in [-0.39, 0.29) is 17.1 Å². The van der Waals surface area contributed by atoms with Crippen LogP contribution >= 0.6 is 11.3 Å². The minimum absolute atomic E-state index is 0.0882. The quantitative estimate of drug-likeness (QED) is 0.290. The standard InChI is InChI=1S/C27H19F2NOS/c28-17-5-3-16(4-6-17)25-15-24-22-13-18(29)7-9-20(22)26(31)21-10-8-19(30-11-1-2-12-30)14-23(21)27(24)32-25/h3-10,13-15H,1-2,11-12H2. The van der Waals surface area contributed by atoms with Crippen LogP contribution in [0.1, 0.15) is 12.8 Å². The topological polar surface area (TPSA) is 20.3 Å². The third-order valence-electron chi connectivity index (χ3n) is 6.34. The number of nitrogens with zero attached hydrogens (tertiary/aromatic N) is 1. The molecule has 6 rings (SSSR count). The molecule has 158 valence electrons. The van der Waals surface area contributed by atoms with Gasteiger partial charge in [-0.3, -0.25) is 4.79 Å². The third-order valence-corrected chi connectivity index (χ3v) is 7.56. The van der Waals surface area contributed by atoms with Gasteiger partial charge in [-0.25, -0.2) is 8.78 Å². The summed E-state index contributed by atoms with van der Waals surface area (Å²) in [7, 11) is 0. The van der Waals surface area contributed by atoms with E-state index in [1.54, 1.807) is 29.5 Å². The Labute approximate surface area is 187 Å². The maximum Gasteiger partial charge on any atom is 0.194 e. The summed E-state index contributed by atoms with van der Waals surface area (Å²) in [6, 6.07) is 18.8. The van der Waals surface area contributed by atoms with Crippen LogP contribution in [0.3, 0.4) is 0 Å². The maximum atomic E-state index is 14.3. The van der Waals surface area contributed by atoms with E-state index in [1.165, 1.54) is 37.1 Å². The molecule has 0 spiro atoms. The molecule has 0 atom stereocenters. The van der Waals surface area contributed by atoms with Crippen LogP contribution in [0.15, 0.2) is 71.5 Å². The first kappa shape index (κ1) is 19.4. The molecule has 0 amide bonds. The van der Waals surface area contributed by atoms with E-state index < -0.39 is 0 Å². The number of anilines is 1. The molecular weight excluding hydrogens is 424 g/mol. The van der Waals surface area contributed by atoms with Gasteiger partial charge >= 0.3 is 0 Å². The Morgan fingerprint density at radius 2 is 1.34 bits per heavy atom. The SMILES string of the molecule is O=c1c2ccc(F)cc2c2cc(-c3ccc(F)cc3)sc2c2cc(N3CCCC3)ccc12. The summed E-state index contributed by atoms with van der Waals surface area (Å²) in [4.78, 5) is 16.8. The molecule has 5 heteroatoms. The molecule has 0 bridgehead atoms. The lowest BCUT2D eigenvalue weighted by Crippen LogP contribution is -2.17. The van der Waals surface area contributed by atoms with Crippen molar-refractivity contribution in [3.8, 4) is 10.4 Å². The highest BCUT2D eigenvalue weighted by atomic mass is 32.1. The van der Waals surface area contributed by atoms with Gasteiger partial charge in [0.25, 0.3) is 0 Å². The Kier molecular flexibility index (Phi) is 4.47. The predicted octanol–water partition coefficient (Wildman–Crippen LogP) is 7.11. The number of rotatable bonds is 2. The van der Waals surface area contributed by atoms with E-state index in [1.807, 2.05) is 18.2 Å².